The minimum Gasteiger partial charge on any atom is -0.368 e. The van der Waals surface area contributed by atoms with Gasteiger partial charge in [-0.05, 0) is 51.3 Å². The summed E-state index contributed by atoms with van der Waals surface area (Å²) in [4.78, 5) is 18.1. The van der Waals surface area contributed by atoms with Gasteiger partial charge in [0.2, 0.25) is 0 Å². The van der Waals surface area contributed by atoms with Crippen molar-refractivity contribution in [3.05, 3.63) is 64.7 Å². The third kappa shape index (κ3) is 6.31. The molecule has 2 aliphatic rings. The number of benzene rings is 2. The van der Waals surface area contributed by atoms with E-state index in [-0.39, 0.29) is 29.9 Å². The highest BCUT2D eigenvalue weighted by molar-refractivity contribution is 5.75. The van der Waals surface area contributed by atoms with Gasteiger partial charge in [0, 0.05) is 62.1 Å². The second-order valence-corrected chi connectivity index (χ2v) is 9.79. The third-order valence-electron chi connectivity index (χ3n) is 7.27. The number of rotatable bonds is 6. The number of piperazine rings is 1. The van der Waals surface area contributed by atoms with E-state index in [2.05, 4.69) is 5.32 Å². The van der Waals surface area contributed by atoms with Crippen molar-refractivity contribution in [2.45, 2.75) is 38.8 Å². The molecule has 2 aliphatic heterocycles. The van der Waals surface area contributed by atoms with Crippen LogP contribution in [0, 0.1) is 40.8 Å². The molecule has 0 spiro atoms. The quantitative estimate of drug-likeness (QED) is 0.422. The highest BCUT2D eigenvalue weighted by Crippen LogP contribution is 2.25. The summed E-state index contributed by atoms with van der Waals surface area (Å²) < 4.78 is 81.0. The van der Waals surface area contributed by atoms with Crippen molar-refractivity contribution in [2.24, 2.45) is 5.92 Å². The van der Waals surface area contributed by atoms with Crippen LogP contribution in [0.1, 0.15) is 31.7 Å². The Morgan fingerprint density at radius 3 is 2.22 bits per heavy atom. The van der Waals surface area contributed by atoms with Crippen LogP contribution in [0.2, 0.25) is 0 Å². The van der Waals surface area contributed by atoms with E-state index in [1.54, 1.807) is 9.80 Å². The molecule has 2 fully saturated rings. The lowest BCUT2D eigenvalue weighted by Gasteiger charge is -2.41. The molecular weight excluding hydrogens is 498 g/mol. The predicted molar refractivity (Wildman–Crippen MR) is 127 cm³/mol. The number of amides is 2. The van der Waals surface area contributed by atoms with Crippen molar-refractivity contribution >= 4 is 11.7 Å². The van der Waals surface area contributed by atoms with Gasteiger partial charge in [0.25, 0.3) is 0 Å². The zero-order valence-electron chi connectivity index (χ0n) is 20.6. The highest BCUT2D eigenvalue weighted by Gasteiger charge is 2.29. The van der Waals surface area contributed by atoms with Crippen molar-refractivity contribution in [1.82, 2.24) is 15.1 Å². The van der Waals surface area contributed by atoms with Crippen molar-refractivity contribution < 1.29 is 31.1 Å². The number of carbonyl (C=O) groups is 1. The normalized spacial score (nSPS) is 19.4. The first-order valence-corrected chi connectivity index (χ1v) is 12.4. The Morgan fingerprint density at radius 2 is 1.57 bits per heavy atom. The van der Waals surface area contributed by atoms with Gasteiger partial charge < -0.3 is 15.1 Å². The van der Waals surface area contributed by atoms with Gasteiger partial charge in [-0.1, -0.05) is 6.07 Å². The van der Waals surface area contributed by atoms with Crippen molar-refractivity contribution in [1.29, 1.82) is 0 Å². The molecule has 37 heavy (non-hydrogen) atoms. The molecule has 1 atom stereocenters. The summed E-state index contributed by atoms with van der Waals surface area (Å²) in [6.07, 6.45) is 2.48. The van der Waals surface area contributed by atoms with Gasteiger partial charge in [-0.2, -0.15) is 0 Å². The van der Waals surface area contributed by atoms with E-state index < -0.39 is 34.9 Å². The molecule has 0 bridgehead atoms. The number of halogens is 6. The van der Waals surface area contributed by atoms with Crippen LogP contribution in [0.15, 0.2) is 24.3 Å². The van der Waals surface area contributed by atoms with Crippen LogP contribution in [0.5, 0.6) is 0 Å². The lowest BCUT2D eigenvalue weighted by atomic mass is 9.93. The largest absolute Gasteiger partial charge is 0.368 e. The molecule has 2 amide bonds. The Morgan fingerprint density at radius 1 is 0.892 bits per heavy atom. The number of carbonyl (C=O) groups excluding carboxylic acids is 1. The molecule has 5 nitrogen and oxygen atoms in total. The monoisotopic (exact) mass is 528 g/mol. The topological polar surface area (TPSA) is 38.8 Å². The Balaban J connectivity index is 1.18. The second kappa shape index (κ2) is 11.6. The Kier molecular flexibility index (Phi) is 8.51. The molecule has 0 aliphatic carbocycles. The second-order valence-electron chi connectivity index (χ2n) is 9.79. The number of piperidine rings is 1. The summed E-state index contributed by atoms with van der Waals surface area (Å²) in [7, 11) is 0. The molecule has 2 saturated heterocycles. The number of nitrogens with one attached hydrogen (secondary N) is 1. The van der Waals surface area contributed by atoms with Crippen LogP contribution in [-0.4, -0.2) is 61.1 Å². The average molecular weight is 529 g/mol. The zero-order valence-corrected chi connectivity index (χ0v) is 20.6. The van der Waals surface area contributed by atoms with E-state index in [0.29, 0.717) is 45.2 Å². The van der Waals surface area contributed by atoms with Gasteiger partial charge >= 0.3 is 6.03 Å². The molecule has 2 aromatic carbocycles. The van der Waals surface area contributed by atoms with E-state index in [0.717, 1.165) is 37.5 Å². The Labute approximate surface area is 212 Å². The molecular formula is C26H30F6N4O. The van der Waals surface area contributed by atoms with E-state index in [9.17, 15) is 31.1 Å². The molecule has 0 unspecified atom stereocenters. The molecule has 202 valence electrons. The van der Waals surface area contributed by atoms with Crippen LogP contribution in [0.3, 0.4) is 0 Å². The lowest BCUT2D eigenvalue weighted by molar-refractivity contribution is 0.161. The maximum atomic E-state index is 13.9. The van der Waals surface area contributed by atoms with Gasteiger partial charge in [-0.3, -0.25) is 4.90 Å². The van der Waals surface area contributed by atoms with Gasteiger partial charge in [0.1, 0.15) is 0 Å². The molecule has 11 heteroatoms. The first-order valence-electron chi connectivity index (χ1n) is 12.4. The minimum absolute atomic E-state index is 0.133. The fourth-order valence-corrected chi connectivity index (χ4v) is 5.07. The number of likely N-dealkylation sites (tertiary alicyclic amines) is 1. The fourth-order valence-electron chi connectivity index (χ4n) is 5.07. The SMILES string of the molecule is C[C@@H]1CN(c2cc(F)c(F)c(F)c2)CCN1C(=O)NCCC1CCN(Cc2ccc(F)c(F)c2F)CC1. The maximum absolute atomic E-state index is 13.9. The van der Waals surface area contributed by atoms with Crippen LogP contribution in [0.25, 0.3) is 0 Å². The summed E-state index contributed by atoms with van der Waals surface area (Å²) in [6.45, 7) is 5.01. The first kappa shape index (κ1) is 27.1. The maximum Gasteiger partial charge on any atom is 0.317 e. The Hall–Kier alpha value is -2.95. The van der Waals surface area contributed by atoms with E-state index in [1.165, 1.54) is 6.07 Å². The number of nitrogens with zero attached hydrogens (tertiary/aromatic N) is 3. The molecule has 2 aromatic rings. The average Bonchev–Trinajstić information content (AvgIpc) is 2.88. The molecule has 2 heterocycles. The molecule has 0 saturated carbocycles. The summed E-state index contributed by atoms with van der Waals surface area (Å²) in [5, 5.41) is 2.94. The van der Waals surface area contributed by atoms with Crippen LogP contribution in [-0.2, 0) is 6.54 Å². The number of hydrogen-bond acceptors (Lipinski definition) is 3. The van der Waals surface area contributed by atoms with Gasteiger partial charge in [0.05, 0.1) is 0 Å². The summed E-state index contributed by atoms with van der Waals surface area (Å²) in [6, 6.07) is 3.69. The van der Waals surface area contributed by atoms with Crippen molar-refractivity contribution in [3.63, 3.8) is 0 Å². The summed E-state index contributed by atoms with van der Waals surface area (Å²) in [5.74, 6) is -7.40. The third-order valence-corrected chi connectivity index (χ3v) is 7.27. The smallest absolute Gasteiger partial charge is 0.317 e. The number of urea groups is 1. The van der Waals surface area contributed by atoms with Crippen LogP contribution >= 0.6 is 0 Å². The highest BCUT2D eigenvalue weighted by atomic mass is 19.2. The van der Waals surface area contributed by atoms with Crippen LogP contribution < -0.4 is 10.2 Å². The summed E-state index contributed by atoms with van der Waals surface area (Å²) in [5.41, 5.74) is 0.371. The lowest BCUT2D eigenvalue weighted by Crippen LogP contribution is -2.56. The molecule has 1 N–H and O–H groups in total. The fraction of sp³-hybridized carbons (Fsp3) is 0.500. The zero-order chi connectivity index (χ0) is 26.7. The number of anilines is 1. The number of hydrogen-bond donors (Lipinski definition) is 1. The van der Waals surface area contributed by atoms with Crippen LogP contribution in [0.4, 0.5) is 36.8 Å². The summed E-state index contributed by atoms with van der Waals surface area (Å²) >= 11 is 0. The van der Waals surface area contributed by atoms with Crippen molar-refractivity contribution in [3.8, 4) is 0 Å². The van der Waals surface area contributed by atoms with E-state index in [1.807, 2.05) is 11.8 Å². The van der Waals surface area contributed by atoms with Gasteiger partial charge in [0.15, 0.2) is 34.9 Å². The van der Waals surface area contributed by atoms with E-state index in [4.69, 9.17) is 0 Å². The van der Waals surface area contributed by atoms with Gasteiger partial charge in [-0.15, -0.1) is 0 Å². The standard InChI is InChI=1S/C26H30F6N4O/c1-16-14-35(19-12-21(28)24(31)22(29)13-19)10-11-36(16)26(37)33-7-4-17-5-8-34(9-6-17)15-18-2-3-20(27)25(32)23(18)30/h2-3,12-13,16-17H,4-11,14-15H2,1H3,(H,33,37)/t16-/m1/s1. The van der Waals surface area contributed by atoms with Gasteiger partial charge in [-0.25, -0.2) is 31.1 Å². The Bertz CT molecular complexity index is 1100. The minimum atomic E-state index is -1.50. The van der Waals surface area contributed by atoms with E-state index >= 15 is 0 Å². The predicted octanol–water partition coefficient (Wildman–Crippen LogP) is 5.04. The first-order chi connectivity index (χ1) is 17.6. The molecule has 0 aromatic heterocycles. The van der Waals surface area contributed by atoms with Crippen molar-refractivity contribution in [2.75, 3.05) is 44.2 Å². The molecule has 4 rings (SSSR count). The molecule has 0 radical (unpaired) electrons.